The number of esters is 2. The first kappa shape index (κ1) is 42.1. The Morgan fingerprint density at radius 1 is 0.633 bits per heavy atom. The van der Waals surface area contributed by atoms with Crippen LogP contribution in [0.5, 0.6) is 0 Å². The first-order valence-corrected chi connectivity index (χ1v) is 35.1. The molecule has 284 valence electrons. The van der Waals surface area contributed by atoms with E-state index in [1.54, 1.807) is 67.0 Å². The van der Waals surface area contributed by atoms with Gasteiger partial charge in [0.25, 0.3) is 10.0 Å². The highest BCUT2D eigenvalue weighted by Gasteiger charge is 2.73. The van der Waals surface area contributed by atoms with Crippen LogP contribution in [0, 0.1) is 10.8 Å². The lowest BCUT2D eigenvalue weighted by molar-refractivity contribution is -0.158. The summed E-state index contributed by atoms with van der Waals surface area (Å²) in [5.41, 5.74) is -1.67. The molecule has 49 heavy (non-hydrogen) atoms. The lowest BCUT2D eigenvalue weighted by atomic mass is 9.79. The number of fused-ring (bicyclic) bond motifs is 4. The molecule has 0 aromatic heterocycles. The van der Waals surface area contributed by atoms with Gasteiger partial charge in [-0.25, -0.2) is 0 Å². The lowest BCUT2D eigenvalue weighted by Crippen LogP contribution is -2.81. The second-order valence-corrected chi connectivity index (χ2v) is 38.2. The number of carbonyl (C=O) groups excluding carboxylic acids is 2. The van der Waals surface area contributed by atoms with Crippen molar-refractivity contribution in [2.75, 3.05) is 19.8 Å². The predicted molar refractivity (Wildman–Crippen MR) is 191 cm³/mol. The normalized spacial score (nSPS) is 40.3. The molecule has 4 aliphatic heterocycles. The van der Waals surface area contributed by atoms with E-state index in [2.05, 4.69) is 0 Å². The van der Waals surface area contributed by atoms with Crippen LogP contribution in [0.1, 0.15) is 53.4 Å². The minimum atomic E-state index is -3.73. The smallest absolute Gasteiger partial charge is 0.465 e. The van der Waals surface area contributed by atoms with Crippen molar-refractivity contribution in [2.45, 2.75) is 105 Å². The van der Waals surface area contributed by atoms with Crippen molar-refractivity contribution in [3.63, 3.8) is 0 Å². The molecule has 4 rings (SSSR count). The highest BCUT2D eigenvalue weighted by atomic mass is 28.6. The molecular weight excluding hydrogens is 801 g/mol. The molecule has 4 saturated heterocycles. The molecule has 0 aromatic rings. The number of rotatable bonds is 14. The second kappa shape index (κ2) is 15.2. The van der Waals surface area contributed by atoms with Gasteiger partial charge in [0.1, 0.15) is 9.76 Å². The van der Waals surface area contributed by atoms with Crippen molar-refractivity contribution < 1.29 is 73.6 Å². The molecule has 6 bridgehead atoms. The average molecular weight is 855 g/mol. The quantitative estimate of drug-likeness (QED) is 0.150. The van der Waals surface area contributed by atoms with Crippen molar-refractivity contribution in [3.8, 4) is 0 Å². The Morgan fingerprint density at radius 2 is 1.00 bits per heavy atom. The van der Waals surface area contributed by atoms with Gasteiger partial charge in [0.2, 0.25) is 0 Å². The summed E-state index contributed by atoms with van der Waals surface area (Å²) in [5.74, 6) is -0.771. The number of hydrogen-bond acceptors (Lipinski definition) is 17. The van der Waals surface area contributed by atoms with Crippen LogP contribution in [0.15, 0.2) is 0 Å². The van der Waals surface area contributed by atoms with E-state index in [-0.39, 0.29) is 31.8 Å². The number of aliphatic hydroxyl groups is 1. The summed E-state index contributed by atoms with van der Waals surface area (Å²) in [6, 6.07) is 0.249. The molecule has 1 N–H and O–H groups in total. The van der Waals surface area contributed by atoms with E-state index in [1.165, 1.54) is 0 Å². The molecule has 4 fully saturated rings. The van der Waals surface area contributed by atoms with E-state index in [0.717, 1.165) is 0 Å². The first-order valence-electron chi connectivity index (χ1n) is 16.6. The van der Waals surface area contributed by atoms with Crippen LogP contribution in [0.2, 0.25) is 51.9 Å². The largest absolute Gasteiger partial charge is 0.475 e. The van der Waals surface area contributed by atoms with Crippen LogP contribution in [0.25, 0.3) is 0 Å². The molecule has 4 heterocycles. The Bertz CT molecular complexity index is 1180. The van der Waals surface area contributed by atoms with Gasteiger partial charge in [0.15, 0.2) is 0 Å². The van der Waals surface area contributed by atoms with Crippen LogP contribution < -0.4 is 0 Å². The van der Waals surface area contributed by atoms with E-state index >= 15 is 0 Å². The van der Waals surface area contributed by atoms with Gasteiger partial charge in [-0.05, 0) is 47.0 Å². The topological polar surface area (TPSA) is 184 Å². The highest BCUT2D eigenvalue weighted by Crippen LogP contribution is 2.44. The maximum absolute atomic E-state index is 13.3. The molecule has 4 unspecified atom stereocenters. The maximum Gasteiger partial charge on any atom is 0.475 e. The zero-order valence-electron chi connectivity index (χ0n) is 30.6. The Morgan fingerprint density at radius 3 is 1.39 bits per heavy atom. The zero-order chi connectivity index (χ0) is 36.6. The average Bonchev–Trinajstić information content (AvgIpc) is 2.90. The van der Waals surface area contributed by atoms with Gasteiger partial charge in [-0.15, -0.1) is 0 Å². The van der Waals surface area contributed by atoms with Crippen molar-refractivity contribution >= 4 is 93.3 Å². The van der Waals surface area contributed by atoms with Gasteiger partial charge in [-0.2, -0.15) is 0 Å². The number of ether oxygens (including phenoxy) is 2. The van der Waals surface area contributed by atoms with Gasteiger partial charge < -0.3 is 64.0 Å². The number of hydrogen-bond donors (Lipinski definition) is 1. The fraction of sp³-hybridized carbons (Fsp3) is 0.913. The van der Waals surface area contributed by atoms with E-state index in [9.17, 15) is 9.59 Å². The third kappa shape index (κ3) is 10.7. The lowest BCUT2D eigenvalue weighted by Gasteiger charge is -2.56. The molecule has 0 saturated carbocycles. The molecule has 0 aliphatic carbocycles. The second-order valence-electron chi connectivity index (χ2n) is 14.3. The molecule has 0 amide bonds. The van der Waals surface area contributed by atoms with Crippen molar-refractivity contribution in [3.05, 3.63) is 0 Å². The Kier molecular flexibility index (Phi) is 13.1. The molecule has 0 aromatic carbocycles. The number of carbonyl (C=O) groups is 2. The minimum Gasteiger partial charge on any atom is -0.465 e. The van der Waals surface area contributed by atoms with E-state index < -0.39 is 98.2 Å². The maximum atomic E-state index is 13.3. The van der Waals surface area contributed by atoms with Crippen LogP contribution in [0.3, 0.4) is 0 Å². The summed E-state index contributed by atoms with van der Waals surface area (Å²) >= 11 is 0. The van der Waals surface area contributed by atoms with Crippen LogP contribution >= 0.6 is 0 Å². The fourth-order valence-corrected chi connectivity index (χ4v) is 48.3. The van der Waals surface area contributed by atoms with Crippen LogP contribution in [0.4, 0.5) is 0 Å². The van der Waals surface area contributed by atoms with E-state index in [4.69, 9.17) is 64.0 Å². The molecule has 4 aliphatic rings. The summed E-state index contributed by atoms with van der Waals surface area (Å²) in [6.45, 7) is 19.7. The fourth-order valence-electron chi connectivity index (χ4n) is 5.95. The first-order chi connectivity index (χ1) is 22.4. The van der Waals surface area contributed by atoms with Crippen molar-refractivity contribution in [2.24, 2.45) is 10.8 Å². The van der Waals surface area contributed by atoms with Gasteiger partial charge >= 0.3 is 73.6 Å². The summed E-state index contributed by atoms with van der Waals surface area (Å²) in [6.07, 6.45) is 1.52. The van der Waals surface area contributed by atoms with E-state index in [1.807, 2.05) is 6.55 Å². The van der Waals surface area contributed by atoms with Gasteiger partial charge in [-0.3, -0.25) is 9.59 Å². The molecule has 4 atom stereocenters. The highest BCUT2D eigenvalue weighted by molar-refractivity contribution is 6.98. The molecular formula is C23H54O17Si9. The van der Waals surface area contributed by atoms with Crippen molar-refractivity contribution in [1.29, 1.82) is 0 Å². The van der Waals surface area contributed by atoms with Crippen molar-refractivity contribution in [1.82, 2.24) is 0 Å². The Labute approximate surface area is 301 Å². The Balaban J connectivity index is 1.50. The van der Waals surface area contributed by atoms with Gasteiger partial charge in [0, 0.05) is 58.4 Å². The van der Waals surface area contributed by atoms with Gasteiger partial charge in [0.05, 0.1) is 24.0 Å². The third-order valence-electron chi connectivity index (χ3n) is 8.16. The monoisotopic (exact) mass is 854 g/mol. The van der Waals surface area contributed by atoms with Crippen LogP contribution in [-0.2, 0) is 68.4 Å². The van der Waals surface area contributed by atoms with E-state index in [0.29, 0.717) is 25.7 Å². The molecule has 26 heteroatoms. The zero-order valence-corrected chi connectivity index (χ0v) is 40.4. The third-order valence-corrected chi connectivity index (χ3v) is 43.4. The molecule has 0 spiro atoms. The summed E-state index contributed by atoms with van der Waals surface area (Å²) in [5, 5.41) is 8.96. The molecule has 17 nitrogen and oxygen atoms in total. The molecule has 0 radical (unpaired) electrons. The minimum absolute atomic E-state index is 0.0552. The van der Waals surface area contributed by atoms with Gasteiger partial charge in [-0.1, -0.05) is 6.55 Å². The summed E-state index contributed by atoms with van der Waals surface area (Å²) in [7, 11) is -28.1. The van der Waals surface area contributed by atoms with Crippen LogP contribution in [-0.4, -0.2) is 118 Å². The summed E-state index contributed by atoms with van der Waals surface area (Å²) in [4.78, 5) is 25.8. The SMILES string of the molecule is C[SiH2]O[Si]1(CCCOC(=O)C(C)(C)CCC(C)(C)C(=O)OCCCO)O[Si]2(C)O[Si]3(C)O[SiH2]O[Si]4(C)O[Si](C)(O3)O[Si](C)(O2)O[Si](C)(O4)O1. The number of aliphatic hydroxyl groups excluding tert-OH is 1. The Hall–Kier alpha value is 0.372. The summed E-state index contributed by atoms with van der Waals surface area (Å²) < 4.78 is 89.9. The predicted octanol–water partition coefficient (Wildman–Crippen LogP) is 1.41. The standard InChI is InChI=1S/C23H54O17Si9/c1-22(2,20(25)27-17-12-16-24)14-15-23(3,4)21(26)28-18-13-19-49(29-41-5)39-47(10)34-43(6)30-42-31-44(7)33-45(8,32-43)36-46(9,37-47)38-48(11,35-44)40-49/h24H,12-19,41-42H2,1-11H3.